The van der Waals surface area contributed by atoms with Gasteiger partial charge in [-0.2, -0.15) is 0 Å². The lowest BCUT2D eigenvalue weighted by Gasteiger charge is -2.16. The van der Waals surface area contributed by atoms with E-state index in [0.717, 1.165) is 5.56 Å². The lowest BCUT2D eigenvalue weighted by atomic mass is 9.98. The van der Waals surface area contributed by atoms with E-state index in [4.69, 9.17) is 14.2 Å². The van der Waals surface area contributed by atoms with Crippen LogP contribution in [-0.2, 0) is 35.2 Å². The molecule has 0 aliphatic carbocycles. The second-order valence-corrected chi connectivity index (χ2v) is 5.87. The van der Waals surface area contributed by atoms with E-state index >= 15 is 0 Å². The second kappa shape index (κ2) is 11.4. The zero-order valence-electron chi connectivity index (χ0n) is 15.0. The van der Waals surface area contributed by atoms with Crippen molar-refractivity contribution in [2.75, 3.05) is 13.7 Å². The van der Waals surface area contributed by atoms with Gasteiger partial charge >= 0.3 is 11.9 Å². The van der Waals surface area contributed by atoms with Gasteiger partial charge in [0.2, 0.25) is 0 Å². The van der Waals surface area contributed by atoms with Gasteiger partial charge in [0.25, 0.3) is 0 Å². The first-order valence-electron chi connectivity index (χ1n) is 8.33. The van der Waals surface area contributed by atoms with Gasteiger partial charge in [0.05, 0.1) is 12.5 Å². The Morgan fingerprint density at radius 2 is 1.68 bits per heavy atom. The van der Waals surface area contributed by atoms with Crippen molar-refractivity contribution in [3.8, 4) is 0 Å². The van der Waals surface area contributed by atoms with E-state index in [1.165, 1.54) is 14.0 Å². The van der Waals surface area contributed by atoms with Gasteiger partial charge in [0.15, 0.2) is 6.10 Å². The molecule has 2 atom stereocenters. The zero-order valence-corrected chi connectivity index (χ0v) is 15.0. The maximum absolute atomic E-state index is 12.3. The fourth-order valence-corrected chi connectivity index (χ4v) is 2.12. The number of rotatable bonds is 11. The molecule has 25 heavy (non-hydrogen) atoms. The standard InChI is InChI=1S/C19H26O6/c1-14(20)9-10-17(11-12-24-18(21)15(2)23-3)19(22)25-13-16-7-5-4-6-8-16/h4-8,15,17H,9-13H2,1-3H3. The molecule has 0 amide bonds. The van der Waals surface area contributed by atoms with E-state index in [0.29, 0.717) is 12.8 Å². The maximum atomic E-state index is 12.3. The average molecular weight is 350 g/mol. The zero-order chi connectivity index (χ0) is 18.7. The third kappa shape index (κ3) is 8.44. The number of Topliss-reactive ketones (excluding diaryl/α,β-unsaturated/α-hetero) is 1. The summed E-state index contributed by atoms with van der Waals surface area (Å²) in [5, 5.41) is 0. The SMILES string of the molecule is COC(C)C(=O)OCCC(CCC(C)=O)C(=O)OCc1ccccc1. The molecule has 0 heterocycles. The minimum atomic E-state index is -0.652. The first-order valence-corrected chi connectivity index (χ1v) is 8.33. The number of hydrogen-bond acceptors (Lipinski definition) is 6. The summed E-state index contributed by atoms with van der Waals surface area (Å²) in [5.74, 6) is -1.35. The first kappa shape index (κ1) is 20.8. The Morgan fingerprint density at radius 3 is 2.28 bits per heavy atom. The highest BCUT2D eigenvalue weighted by Gasteiger charge is 2.22. The van der Waals surface area contributed by atoms with Crippen LogP contribution in [0.4, 0.5) is 0 Å². The predicted molar refractivity (Wildman–Crippen MR) is 91.7 cm³/mol. The molecule has 0 N–H and O–H groups in total. The summed E-state index contributed by atoms with van der Waals surface area (Å²) in [4.78, 5) is 35.1. The van der Waals surface area contributed by atoms with Crippen LogP contribution in [0.25, 0.3) is 0 Å². The molecule has 0 saturated heterocycles. The minimum Gasteiger partial charge on any atom is -0.464 e. The van der Waals surface area contributed by atoms with Crippen molar-refractivity contribution in [3.05, 3.63) is 35.9 Å². The molecule has 6 nitrogen and oxygen atoms in total. The Hall–Kier alpha value is -2.21. The van der Waals surface area contributed by atoms with Crippen LogP contribution in [0.3, 0.4) is 0 Å². The van der Waals surface area contributed by atoms with Crippen molar-refractivity contribution in [3.63, 3.8) is 0 Å². The molecule has 1 rings (SSSR count). The van der Waals surface area contributed by atoms with Crippen LogP contribution in [0.2, 0.25) is 0 Å². The smallest absolute Gasteiger partial charge is 0.334 e. The van der Waals surface area contributed by atoms with Crippen molar-refractivity contribution in [1.82, 2.24) is 0 Å². The molecule has 0 spiro atoms. The first-order chi connectivity index (χ1) is 11.9. The third-order valence-electron chi connectivity index (χ3n) is 3.80. The summed E-state index contributed by atoms with van der Waals surface area (Å²) in [6, 6.07) is 9.35. The van der Waals surface area contributed by atoms with Crippen LogP contribution in [0, 0.1) is 5.92 Å². The van der Waals surface area contributed by atoms with Gasteiger partial charge in [-0.1, -0.05) is 30.3 Å². The van der Waals surface area contributed by atoms with Crippen LogP contribution in [0.1, 0.15) is 38.7 Å². The number of methoxy groups -OCH3 is 1. The molecular formula is C19H26O6. The molecule has 0 radical (unpaired) electrons. The van der Waals surface area contributed by atoms with Crippen molar-refractivity contribution < 1.29 is 28.6 Å². The Kier molecular flexibility index (Phi) is 9.47. The fraction of sp³-hybridized carbons (Fsp3) is 0.526. The number of benzene rings is 1. The Morgan fingerprint density at radius 1 is 1.00 bits per heavy atom. The molecule has 0 aliphatic heterocycles. The number of carbonyl (C=O) groups excluding carboxylic acids is 3. The van der Waals surface area contributed by atoms with E-state index in [1.54, 1.807) is 6.92 Å². The van der Waals surface area contributed by atoms with Gasteiger partial charge in [-0.3, -0.25) is 4.79 Å². The molecule has 0 bridgehead atoms. The van der Waals surface area contributed by atoms with Gasteiger partial charge in [-0.15, -0.1) is 0 Å². The number of esters is 2. The summed E-state index contributed by atoms with van der Waals surface area (Å²) < 4.78 is 15.3. The van der Waals surface area contributed by atoms with Gasteiger partial charge in [-0.05, 0) is 32.3 Å². The average Bonchev–Trinajstić information content (AvgIpc) is 2.62. The quantitative estimate of drug-likeness (QED) is 0.571. The highest BCUT2D eigenvalue weighted by Crippen LogP contribution is 2.16. The lowest BCUT2D eigenvalue weighted by Crippen LogP contribution is -2.25. The minimum absolute atomic E-state index is 0.00543. The summed E-state index contributed by atoms with van der Waals surface area (Å²) in [6.07, 6.45) is 0.317. The van der Waals surface area contributed by atoms with Crippen molar-refractivity contribution in [1.29, 1.82) is 0 Å². The van der Waals surface area contributed by atoms with Gasteiger partial charge in [-0.25, -0.2) is 4.79 Å². The van der Waals surface area contributed by atoms with E-state index in [9.17, 15) is 14.4 Å². The van der Waals surface area contributed by atoms with Crippen LogP contribution in [0.5, 0.6) is 0 Å². The second-order valence-electron chi connectivity index (χ2n) is 5.87. The topological polar surface area (TPSA) is 78.9 Å². The molecule has 1 aromatic carbocycles. The summed E-state index contributed by atoms with van der Waals surface area (Å²) in [7, 11) is 1.42. The summed E-state index contributed by atoms with van der Waals surface area (Å²) in [6.45, 7) is 3.32. The van der Waals surface area contributed by atoms with E-state index in [-0.39, 0.29) is 31.4 Å². The number of carbonyl (C=O) groups is 3. The maximum Gasteiger partial charge on any atom is 0.334 e. The Bertz CT molecular complexity index is 554. The third-order valence-corrected chi connectivity index (χ3v) is 3.80. The van der Waals surface area contributed by atoms with Crippen LogP contribution >= 0.6 is 0 Å². The molecule has 0 aliphatic rings. The van der Waals surface area contributed by atoms with Crippen LogP contribution in [0.15, 0.2) is 30.3 Å². The van der Waals surface area contributed by atoms with Crippen LogP contribution < -0.4 is 0 Å². The van der Waals surface area contributed by atoms with E-state index in [1.807, 2.05) is 30.3 Å². The highest BCUT2D eigenvalue weighted by atomic mass is 16.6. The van der Waals surface area contributed by atoms with Gasteiger partial charge < -0.3 is 19.0 Å². The summed E-state index contributed by atoms with van der Waals surface area (Å²) in [5.41, 5.74) is 0.890. The molecule has 1 aromatic rings. The van der Waals surface area contributed by atoms with Crippen molar-refractivity contribution in [2.24, 2.45) is 5.92 Å². The van der Waals surface area contributed by atoms with E-state index < -0.39 is 18.0 Å². The predicted octanol–water partition coefficient (Wildman–Crippen LogP) is 2.68. The monoisotopic (exact) mass is 350 g/mol. The lowest BCUT2D eigenvalue weighted by molar-refractivity contribution is -0.157. The fourth-order valence-electron chi connectivity index (χ4n) is 2.12. The molecule has 0 saturated carbocycles. The normalized spacial score (nSPS) is 12.9. The molecular weight excluding hydrogens is 324 g/mol. The van der Waals surface area contributed by atoms with Gasteiger partial charge in [0.1, 0.15) is 12.4 Å². The molecule has 2 unspecified atom stereocenters. The largest absolute Gasteiger partial charge is 0.464 e. The molecule has 138 valence electrons. The van der Waals surface area contributed by atoms with Crippen molar-refractivity contribution >= 4 is 17.7 Å². The number of ether oxygens (including phenoxy) is 3. The number of hydrogen-bond donors (Lipinski definition) is 0. The number of ketones is 1. The highest BCUT2D eigenvalue weighted by molar-refractivity contribution is 5.77. The van der Waals surface area contributed by atoms with Crippen molar-refractivity contribution in [2.45, 2.75) is 45.8 Å². The van der Waals surface area contributed by atoms with E-state index in [2.05, 4.69) is 0 Å². The molecule has 0 fully saturated rings. The molecule has 0 aromatic heterocycles. The Balaban J connectivity index is 2.51. The summed E-state index contributed by atoms with van der Waals surface area (Å²) >= 11 is 0. The Labute approximate surface area is 148 Å². The molecule has 6 heteroatoms. The van der Waals surface area contributed by atoms with Crippen LogP contribution in [-0.4, -0.2) is 37.5 Å². The van der Waals surface area contributed by atoms with Gasteiger partial charge in [0, 0.05) is 13.5 Å².